The molecule has 7 heteroatoms. The van der Waals surface area contributed by atoms with Gasteiger partial charge in [-0.3, -0.25) is 4.57 Å². The Labute approximate surface area is 310 Å². The van der Waals surface area contributed by atoms with Gasteiger partial charge in [0.15, 0.2) is 11.6 Å². The van der Waals surface area contributed by atoms with Crippen molar-refractivity contribution in [1.82, 2.24) is 24.3 Å². The predicted molar refractivity (Wildman–Crippen MR) is 216 cm³/mol. The molecule has 0 spiro atoms. The molecule has 7 nitrogen and oxygen atoms in total. The number of anilines is 2. The molecule has 9 rings (SSSR count). The van der Waals surface area contributed by atoms with Crippen molar-refractivity contribution in [2.24, 2.45) is 0 Å². The van der Waals surface area contributed by atoms with E-state index in [1.807, 2.05) is 29.1 Å². The van der Waals surface area contributed by atoms with Crippen LogP contribution in [0.3, 0.4) is 0 Å². The Kier molecular flexibility index (Phi) is 7.52. The van der Waals surface area contributed by atoms with Crippen LogP contribution in [0.25, 0.3) is 50.4 Å². The van der Waals surface area contributed by atoms with Gasteiger partial charge in [0.1, 0.15) is 24.0 Å². The molecule has 1 aliphatic rings. The fourth-order valence-corrected chi connectivity index (χ4v) is 7.31. The third kappa shape index (κ3) is 5.82. The van der Waals surface area contributed by atoms with Crippen LogP contribution in [-0.4, -0.2) is 24.3 Å². The first-order chi connectivity index (χ1) is 25.5. The molecule has 0 aliphatic carbocycles. The lowest BCUT2D eigenvalue weighted by molar-refractivity contribution is 0.479. The Bertz CT molecular complexity index is 2660. The maximum atomic E-state index is 6.84. The summed E-state index contributed by atoms with van der Waals surface area (Å²) in [6, 6.07) is 44.4. The summed E-state index contributed by atoms with van der Waals surface area (Å²) in [6.45, 7) is 13.9. The molecule has 4 heterocycles. The highest BCUT2D eigenvalue weighted by Crippen LogP contribution is 2.43. The first-order valence-electron chi connectivity index (χ1n) is 18.2. The van der Waals surface area contributed by atoms with Gasteiger partial charge >= 0.3 is 0 Å². The summed E-state index contributed by atoms with van der Waals surface area (Å²) in [7, 11) is 0. The number of fused-ring (bicyclic) bond motifs is 6. The van der Waals surface area contributed by atoms with E-state index in [0.29, 0.717) is 6.67 Å². The molecular weight excluding hydrogens is 653 g/mol. The molecule has 0 fully saturated rings. The molecule has 3 aromatic heterocycles. The van der Waals surface area contributed by atoms with E-state index >= 15 is 0 Å². The van der Waals surface area contributed by atoms with Gasteiger partial charge in [-0.2, -0.15) is 0 Å². The summed E-state index contributed by atoms with van der Waals surface area (Å²) in [4.78, 5) is 12.2. The van der Waals surface area contributed by atoms with Crippen molar-refractivity contribution in [2.75, 3.05) is 4.90 Å². The maximum absolute atomic E-state index is 6.84. The molecule has 0 saturated heterocycles. The summed E-state index contributed by atoms with van der Waals surface area (Å²) < 4.78 is 11.1. The second-order valence-electron chi connectivity index (χ2n) is 16.0. The van der Waals surface area contributed by atoms with Crippen LogP contribution in [0.1, 0.15) is 52.7 Å². The van der Waals surface area contributed by atoms with Crippen LogP contribution >= 0.6 is 0 Å². The fourth-order valence-electron chi connectivity index (χ4n) is 7.31. The van der Waals surface area contributed by atoms with Crippen molar-refractivity contribution in [3.8, 4) is 40.1 Å². The molecule has 0 unspecified atom stereocenters. The van der Waals surface area contributed by atoms with Gasteiger partial charge in [-0.1, -0.05) is 102 Å². The van der Waals surface area contributed by atoms with Gasteiger partial charge in [0.05, 0.1) is 16.7 Å². The lowest BCUT2D eigenvalue weighted by Crippen LogP contribution is -2.27. The Balaban J connectivity index is 1.14. The normalized spacial score (nSPS) is 13.0. The minimum atomic E-state index is -0.123. The minimum Gasteiger partial charge on any atom is -0.457 e. The predicted octanol–water partition coefficient (Wildman–Crippen LogP) is 11.6. The highest BCUT2D eigenvalue weighted by molar-refractivity contribution is 6.09. The number of benzene rings is 5. The van der Waals surface area contributed by atoms with Gasteiger partial charge in [0.2, 0.25) is 0 Å². The molecule has 262 valence electrons. The van der Waals surface area contributed by atoms with Crippen molar-refractivity contribution < 1.29 is 4.74 Å². The lowest BCUT2D eigenvalue weighted by atomic mass is 9.86. The minimum absolute atomic E-state index is 0.00491. The molecule has 0 radical (unpaired) electrons. The van der Waals surface area contributed by atoms with Crippen molar-refractivity contribution in [3.63, 3.8) is 0 Å². The van der Waals surface area contributed by atoms with E-state index in [2.05, 4.69) is 160 Å². The Morgan fingerprint density at radius 1 is 0.623 bits per heavy atom. The van der Waals surface area contributed by atoms with Gasteiger partial charge in [-0.25, -0.2) is 14.6 Å². The zero-order chi connectivity index (χ0) is 36.5. The first kappa shape index (κ1) is 32.7. The SMILES string of the molecule is CC(C)(C)c1cc(Oc2ccc3c4ccccc4n(-c4cc(C(C)(C)C)ccn4)c3c2)cc(N2Cn3nc(-c4ccccc4)nc3-c3ccccc32)c1. The van der Waals surface area contributed by atoms with Gasteiger partial charge in [-0.05, 0) is 76.6 Å². The second kappa shape index (κ2) is 12.2. The summed E-state index contributed by atoms with van der Waals surface area (Å²) >= 11 is 0. The Hall–Kier alpha value is -6.21. The first-order valence-corrected chi connectivity index (χ1v) is 18.2. The maximum Gasteiger partial charge on any atom is 0.181 e. The van der Waals surface area contributed by atoms with Gasteiger partial charge in [-0.15, -0.1) is 5.10 Å². The molecule has 0 saturated carbocycles. The highest BCUT2D eigenvalue weighted by atomic mass is 16.5. The van der Waals surface area contributed by atoms with Crippen LogP contribution in [0.2, 0.25) is 0 Å². The van der Waals surface area contributed by atoms with Crippen LogP contribution in [0.5, 0.6) is 11.5 Å². The van der Waals surface area contributed by atoms with Crippen LogP contribution in [0, 0.1) is 0 Å². The quantitative estimate of drug-likeness (QED) is 0.179. The molecule has 1 aliphatic heterocycles. The molecule has 0 bridgehead atoms. The van der Waals surface area contributed by atoms with Crippen LogP contribution in [0.15, 0.2) is 134 Å². The van der Waals surface area contributed by atoms with E-state index in [9.17, 15) is 0 Å². The van der Waals surface area contributed by atoms with E-state index < -0.39 is 0 Å². The molecule has 0 atom stereocenters. The largest absolute Gasteiger partial charge is 0.457 e. The monoisotopic (exact) mass is 694 g/mol. The van der Waals surface area contributed by atoms with E-state index in [1.54, 1.807) is 0 Å². The Morgan fingerprint density at radius 2 is 1.36 bits per heavy atom. The smallest absolute Gasteiger partial charge is 0.181 e. The second-order valence-corrected chi connectivity index (χ2v) is 16.0. The van der Waals surface area contributed by atoms with Crippen LogP contribution in [0.4, 0.5) is 11.4 Å². The number of rotatable bonds is 5. The van der Waals surface area contributed by atoms with Gasteiger partial charge in [0, 0.05) is 45.9 Å². The standard InChI is InChI=1S/C46H42N6O/c1-45(2,3)31-22-23-47-42(26-31)52-40-19-13-10-16-36(40)37-21-20-34(28-41(37)52)53-35-25-32(46(4,5)6)24-33(27-35)50-29-51-44(38-17-11-12-18-39(38)50)48-43(49-51)30-14-8-7-9-15-30/h7-28H,29H2,1-6H3. The molecule has 8 aromatic rings. The zero-order valence-electron chi connectivity index (χ0n) is 31.0. The number of aromatic nitrogens is 5. The average molecular weight is 695 g/mol. The van der Waals surface area contributed by atoms with Crippen molar-refractivity contribution >= 4 is 33.2 Å². The van der Waals surface area contributed by atoms with Crippen LogP contribution in [-0.2, 0) is 17.5 Å². The average Bonchev–Trinajstić information content (AvgIpc) is 3.74. The number of para-hydroxylation sites is 2. The van der Waals surface area contributed by atoms with Crippen molar-refractivity contribution in [2.45, 2.75) is 59.0 Å². The van der Waals surface area contributed by atoms with Crippen LogP contribution < -0.4 is 9.64 Å². The fraction of sp³-hybridized carbons (Fsp3) is 0.196. The summed E-state index contributed by atoms with van der Waals surface area (Å²) in [6.07, 6.45) is 1.92. The zero-order valence-corrected chi connectivity index (χ0v) is 31.0. The summed E-state index contributed by atoms with van der Waals surface area (Å²) in [5.41, 5.74) is 8.60. The van der Waals surface area contributed by atoms with Gasteiger partial charge < -0.3 is 9.64 Å². The summed E-state index contributed by atoms with van der Waals surface area (Å²) in [5.74, 6) is 4.01. The van der Waals surface area contributed by atoms with E-state index in [1.165, 1.54) is 16.5 Å². The van der Waals surface area contributed by atoms with Crippen molar-refractivity contribution in [1.29, 1.82) is 0 Å². The molecule has 53 heavy (non-hydrogen) atoms. The highest BCUT2D eigenvalue weighted by Gasteiger charge is 2.28. The molecule has 5 aromatic carbocycles. The lowest BCUT2D eigenvalue weighted by Gasteiger charge is -2.32. The topological polar surface area (TPSA) is 61.0 Å². The number of pyridine rings is 1. The third-order valence-corrected chi connectivity index (χ3v) is 10.2. The molecule has 0 N–H and O–H groups in total. The molecule has 0 amide bonds. The number of nitrogens with zero attached hydrogens (tertiary/aromatic N) is 6. The van der Waals surface area contributed by atoms with Gasteiger partial charge in [0.25, 0.3) is 0 Å². The number of hydrogen-bond donors (Lipinski definition) is 0. The Morgan fingerprint density at radius 3 is 2.17 bits per heavy atom. The van der Waals surface area contributed by atoms with E-state index in [-0.39, 0.29) is 10.8 Å². The number of hydrogen-bond acceptors (Lipinski definition) is 5. The van der Waals surface area contributed by atoms with Crippen molar-refractivity contribution in [3.05, 3.63) is 145 Å². The van der Waals surface area contributed by atoms with E-state index in [0.717, 1.165) is 67.9 Å². The third-order valence-electron chi connectivity index (χ3n) is 10.2. The number of ether oxygens (including phenoxy) is 1. The molecular formula is C46H42N6O. The summed E-state index contributed by atoms with van der Waals surface area (Å²) in [5, 5.41) is 7.32. The van der Waals surface area contributed by atoms with E-state index in [4.69, 9.17) is 19.8 Å².